The summed E-state index contributed by atoms with van der Waals surface area (Å²) in [6.45, 7) is 4.25. The fourth-order valence-corrected chi connectivity index (χ4v) is 3.47. The molecule has 1 aliphatic rings. The molecule has 1 unspecified atom stereocenters. The number of hydrogen-bond acceptors (Lipinski definition) is 5. The zero-order valence-corrected chi connectivity index (χ0v) is 18.6. The number of fused-ring (bicyclic) bond motifs is 1. The van der Waals surface area contributed by atoms with Crippen LogP contribution in [0.15, 0.2) is 72.8 Å². The Balaban J connectivity index is 1.41. The number of carbonyl (C=O) groups is 2. The van der Waals surface area contributed by atoms with Crippen molar-refractivity contribution < 1.29 is 23.8 Å². The van der Waals surface area contributed by atoms with Crippen molar-refractivity contribution in [1.29, 1.82) is 0 Å². The smallest absolute Gasteiger partial charge is 0.267 e. The number of nitrogens with one attached hydrogen (secondary N) is 1. The van der Waals surface area contributed by atoms with E-state index in [9.17, 15) is 9.59 Å². The molecule has 0 saturated carbocycles. The highest BCUT2D eigenvalue weighted by atomic mass is 16.5. The van der Waals surface area contributed by atoms with Gasteiger partial charge in [-0.2, -0.15) is 0 Å². The maximum atomic E-state index is 12.8. The van der Waals surface area contributed by atoms with Crippen LogP contribution in [0, 0.1) is 6.92 Å². The van der Waals surface area contributed by atoms with Gasteiger partial charge in [0.05, 0.1) is 12.2 Å². The second-order valence-corrected chi connectivity index (χ2v) is 7.74. The SMILES string of the molecule is Cc1ccc(OCC(=O)Nc2ccc3c(c2)N(CCOc2ccccc2)C(=O)C(C)O3)cc1. The van der Waals surface area contributed by atoms with Crippen LogP contribution in [-0.2, 0) is 9.59 Å². The molecule has 0 saturated heterocycles. The molecule has 0 fully saturated rings. The number of rotatable bonds is 8. The zero-order valence-electron chi connectivity index (χ0n) is 18.6. The van der Waals surface area contributed by atoms with Gasteiger partial charge < -0.3 is 24.4 Å². The van der Waals surface area contributed by atoms with Gasteiger partial charge in [0.25, 0.3) is 11.8 Å². The van der Waals surface area contributed by atoms with E-state index < -0.39 is 6.10 Å². The number of benzene rings is 3. The van der Waals surface area contributed by atoms with Gasteiger partial charge in [0.1, 0.15) is 23.9 Å². The standard InChI is InChI=1S/C26H26N2O5/c1-18-8-11-22(12-9-18)32-17-25(29)27-20-10-13-24-23(16-20)28(26(30)19(2)33-24)14-15-31-21-6-4-3-5-7-21/h3-13,16,19H,14-15,17H2,1-2H3,(H,27,29). The van der Waals surface area contributed by atoms with E-state index in [4.69, 9.17) is 14.2 Å². The van der Waals surface area contributed by atoms with E-state index in [0.29, 0.717) is 36.0 Å². The molecule has 4 rings (SSSR count). The van der Waals surface area contributed by atoms with Gasteiger partial charge in [0.15, 0.2) is 12.7 Å². The number of anilines is 2. The molecular weight excluding hydrogens is 420 g/mol. The molecule has 7 nitrogen and oxygen atoms in total. The normalized spacial score (nSPS) is 14.8. The first-order valence-electron chi connectivity index (χ1n) is 10.8. The largest absolute Gasteiger partial charge is 0.492 e. The summed E-state index contributed by atoms with van der Waals surface area (Å²) in [6, 6.07) is 22.1. The van der Waals surface area contributed by atoms with E-state index in [2.05, 4.69) is 5.32 Å². The summed E-state index contributed by atoms with van der Waals surface area (Å²) in [4.78, 5) is 26.8. The predicted octanol–water partition coefficient (Wildman–Crippen LogP) is 4.21. The predicted molar refractivity (Wildman–Crippen MR) is 126 cm³/mol. The average molecular weight is 447 g/mol. The topological polar surface area (TPSA) is 77.1 Å². The Morgan fingerprint density at radius 1 is 1.00 bits per heavy atom. The van der Waals surface area contributed by atoms with Crippen LogP contribution in [0.3, 0.4) is 0 Å². The number of carbonyl (C=O) groups excluding carboxylic acids is 2. The minimum absolute atomic E-state index is 0.124. The van der Waals surface area contributed by atoms with E-state index >= 15 is 0 Å². The minimum Gasteiger partial charge on any atom is -0.492 e. The van der Waals surface area contributed by atoms with Crippen LogP contribution in [0.5, 0.6) is 17.2 Å². The van der Waals surface area contributed by atoms with Gasteiger partial charge in [0.2, 0.25) is 0 Å². The van der Waals surface area contributed by atoms with E-state index in [1.165, 1.54) is 0 Å². The van der Waals surface area contributed by atoms with Crippen LogP contribution < -0.4 is 24.4 Å². The Bertz CT molecular complexity index is 1120. The maximum absolute atomic E-state index is 12.8. The molecule has 3 aromatic carbocycles. The number of amides is 2. The molecule has 1 aliphatic heterocycles. The van der Waals surface area contributed by atoms with Crippen molar-refractivity contribution in [3.63, 3.8) is 0 Å². The highest BCUT2D eigenvalue weighted by molar-refractivity contribution is 6.01. The van der Waals surface area contributed by atoms with Crippen LogP contribution in [-0.4, -0.2) is 37.7 Å². The van der Waals surface area contributed by atoms with Crippen molar-refractivity contribution >= 4 is 23.2 Å². The van der Waals surface area contributed by atoms with Crippen LogP contribution in [0.25, 0.3) is 0 Å². The maximum Gasteiger partial charge on any atom is 0.267 e. The number of hydrogen-bond donors (Lipinski definition) is 1. The van der Waals surface area contributed by atoms with Crippen LogP contribution in [0.4, 0.5) is 11.4 Å². The van der Waals surface area contributed by atoms with E-state index in [1.54, 1.807) is 30.0 Å². The Morgan fingerprint density at radius 3 is 2.48 bits per heavy atom. The van der Waals surface area contributed by atoms with Gasteiger partial charge in [-0.1, -0.05) is 35.9 Å². The third kappa shape index (κ3) is 5.63. The Labute approximate surface area is 192 Å². The first-order valence-corrected chi connectivity index (χ1v) is 10.8. The first-order chi connectivity index (χ1) is 16.0. The Kier molecular flexibility index (Phi) is 6.78. The number of aryl methyl sites for hydroxylation is 1. The molecule has 1 heterocycles. The van der Waals surface area contributed by atoms with Crippen LogP contribution >= 0.6 is 0 Å². The summed E-state index contributed by atoms with van der Waals surface area (Å²) < 4.78 is 17.0. The Hall–Kier alpha value is -4.00. The summed E-state index contributed by atoms with van der Waals surface area (Å²) in [5.74, 6) is 1.48. The van der Waals surface area contributed by atoms with E-state index in [-0.39, 0.29) is 18.4 Å². The minimum atomic E-state index is -0.599. The molecule has 33 heavy (non-hydrogen) atoms. The van der Waals surface area contributed by atoms with Crippen LogP contribution in [0.1, 0.15) is 12.5 Å². The lowest BCUT2D eigenvalue weighted by molar-refractivity contribution is -0.125. The van der Waals surface area contributed by atoms with Crippen molar-refractivity contribution in [2.45, 2.75) is 20.0 Å². The van der Waals surface area contributed by atoms with Crippen molar-refractivity contribution in [3.05, 3.63) is 78.4 Å². The van der Waals surface area contributed by atoms with Gasteiger partial charge in [-0.15, -0.1) is 0 Å². The first kappa shape index (κ1) is 22.2. The van der Waals surface area contributed by atoms with Gasteiger partial charge in [-0.25, -0.2) is 0 Å². The summed E-state index contributed by atoms with van der Waals surface area (Å²) in [6.07, 6.45) is -0.599. The third-order valence-corrected chi connectivity index (χ3v) is 5.17. The lowest BCUT2D eigenvalue weighted by Gasteiger charge is -2.33. The third-order valence-electron chi connectivity index (χ3n) is 5.17. The lowest BCUT2D eigenvalue weighted by atomic mass is 10.1. The fourth-order valence-electron chi connectivity index (χ4n) is 3.47. The molecule has 0 aliphatic carbocycles. The van der Waals surface area contributed by atoms with Crippen molar-refractivity contribution in [1.82, 2.24) is 0 Å². The molecular formula is C26H26N2O5. The molecule has 7 heteroatoms. The van der Waals surface area contributed by atoms with Crippen molar-refractivity contribution in [3.8, 4) is 17.2 Å². The number of para-hydroxylation sites is 1. The molecule has 3 aromatic rings. The molecule has 0 spiro atoms. The monoisotopic (exact) mass is 446 g/mol. The highest BCUT2D eigenvalue weighted by Crippen LogP contribution is 2.36. The van der Waals surface area contributed by atoms with Gasteiger partial charge in [0, 0.05) is 5.69 Å². The molecule has 0 radical (unpaired) electrons. The summed E-state index contributed by atoms with van der Waals surface area (Å²) in [5, 5.41) is 2.81. The second kappa shape index (κ2) is 10.1. The highest BCUT2D eigenvalue weighted by Gasteiger charge is 2.31. The fraction of sp³-hybridized carbons (Fsp3) is 0.231. The van der Waals surface area contributed by atoms with Crippen LogP contribution in [0.2, 0.25) is 0 Å². The second-order valence-electron chi connectivity index (χ2n) is 7.74. The van der Waals surface area contributed by atoms with E-state index in [0.717, 1.165) is 11.3 Å². The molecule has 170 valence electrons. The van der Waals surface area contributed by atoms with E-state index in [1.807, 2.05) is 61.5 Å². The molecule has 1 N–H and O–H groups in total. The summed E-state index contributed by atoms with van der Waals surface area (Å²) >= 11 is 0. The van der Waals surface area contributed by atoms with Gasteiger partial charge in [-0.3, -0.25) is 9.59 Å². The average Bonchev–Trinajstić information content (AvgIpc) is 2.82. The molecule has 0 bridgehead atoms. The van der Waals surface area contributed by atoms with Gasteiger partial charge >= 0.3 is 0 Å². The number of nitrogens with zero attached hydrogens (tertiary/aromatic N) is 1. The van der Waals surface area contributed by atoms with Gasteiger partial charge in [-0.05, 0) is 56.3 Å². The zero-order chi connectivity index (χ0) is 23.2. The number of ether oxygens (including phenoxy) is 3. The summed E-state index contributed by atoms with van der Waals surface area (Å²) in [7, 11) is 0. The Morgan fingerprint density at radius 2 is 1.73 bits per heavy atom. The molecule has 1 atom stereocenters. The lowest BCUT2D eigenvalue weighted by Crippen LogP contribution is -2.46. The molecule has 0 aromatic heterocycles. The van der Waals surface area contributed by atoms with Crippen molar-refractivity contribution in [2.75, 3.05) is 30.0 Å². The molecule has 2 amide bonds. The quantitative estimate of drug-likeness (QED) is 0.561. The summed E-state index contributed by atoms with van der Waals surface area (Å²) in [5.41, 5.74) is 2.25. The van der Waals surface area contributed by atoms with Crippen molar-refractivity contribution in [2.24, 2.45) is 0 Å².